The van der Waals surface area contributed by atoms with Gasteiger partial charge in [0.2, 0.25) is 0 Å². The molecule has 0 saturated carbocycles. The summed E-state index contributed by atoms with van der Waals surface area (Å²) >= 11 is 0. The fraction of sp³-hybridized carbons (Fsp3) is 0.818. The summed E-state index contributed by atoms with van der Waals surface area (Å²) in [7, 11) is 2.01. The van der Waals surface area contributed by atoms with Gasteiger partial charge in [-0.2, -0.15) is 0 Å². The van der Waals surface area contributed by atoms with Crippen molar-refractivity contribution in [2.24, 2.45) is 13.0 Å². The minimum Gasteiger partial charge on any atom is -0.320 e. The van der Waals surface area contributed by atoms with Gasteiger partial charge in [-0.25, -0.2) is 0 Å². The number of hydrogen-bond acceptors (Lipinski definition) is 4. The first-order valence-corrected chi connectivity index (χ1v) is 6.11. The highest BCUT2D eigenvalue weighted by molar-refractivity contribution is 4.94. The van der Waals surface area contributed by atoms with Crippen molar-refractivity contribution < 1.29 is 0 Å². The summed E-state index contributed by atoms with van der Waals surface area (Å²) in [5, 5.41) is 11.7. The molecule has 0 amide bonds. The number of piperidine rings is 1. The van der Waals surface area contributed by atoms with Gasteiger partial charge in [0.05, 0.1) is 6.54 Å². The Hall–Kier alpha value is -0.940. The first-order chi connectivity index (χ1) is 7.83. The molecule has 0 bridgehead atoms. The molecule has 2 aliphatic rings. The normalized spacial score (nSPS) is 30.6. The predicted octanol–water partition coefficient (Wildman–Crippen LogP) is -0.00110. The maximum absolute atomic E-state index is 4.15. The number of aryl methyl sites for hydroxylation is 1. The Morgan fingerprint density at radius 1 is 1.50 bits per heavy atom. The quantitative estimate of drug-likeness (QED) is 0.763. The van der Waals surface area contributed by atoms with Crippen LogP contribution in [-0.2, 0) is 13.6 Å². The molecule has 0 aromatic carbocycles. The highest BCUT2D eigenvalue weighted by atomic mass is 15.3. The zero-order valence-corrected chi connectivity index (χ0v) is 9.76. The van der Waals surface area contributed by atoms with Crippen LogP contribution in [0.25, 0.3) is 0 Å². The molecule has 1 N–H and O–H groups in total. The lowest BCUT2D eigenvalue weighted by molar-refractivity contribution is 0.302. The van der Waals surface area contributed by atoms with Gasteiger partial charge in [0, 0.05) is 26.2 Å². The summed E-state index contributed by atoms with van der Waals surface area (Å²) in [5.74, 6) is 1.92. The molecule has 16 heavy (non-hydrogen) atoms. The zero-order valence-electron chi connectivity index (χ0n) is 9.76. The van der Waals surface area contributed by atoms with Gasteiger partial charge >= 0.3 is 0 Å². The molecule has 3 heterocycles. The van der Waals surface area contributed by atoms with Gasteiger partial charge in [-0.15, -0.1) is 10.2 Å². The lowest BCUT2D eigenvalue weighted by Crippen LogP contribution is -2.40. The minimum atomic E-state index is 0.710. The molecule has 2 atom stereocenters. The molecule has 2 aliphatic heterocycles. The average molecular weight is 221 g/mol. The Labute approximate surface area is 95.8 Å². The van der Waals surface area contributed by atoms with Crippen LogP contribution in [0.5, 0.6) is 0 Å². The standard InChI is InChI=1S/C11H19N5/c1-15-8-13-14-11(15)7-16-5-9-3-2-4-12-10(9)6-16/h8-10,12H,2-7H2,1H3. The summed E-state index contributed by atoms with van der Waals surface area (Å²) in [5.41, 5.74) is 0. The third kappa shape index (κ3) is 1.85. The number of aromatic nitrogens is 3. The first kappa shape index (κ1) is 10.2. The van der Waals surface area contributed by atoms with Crippen molar-refractivity contribution >= 4 is 0 Å². The first-order valence-electron chi connectivity index (χ1n) is 6.11. The van der Waals surface area contributed by atoms with E-state index in [0.717, 1.165) is 24.8 Å². The lowest BCUT2D eigenvalue weighted by Gasteiger charge is -2.24. The highest BCUT2D eigenvalue weighted by Gasteiger charge is 2.34. The number of fused-ring (bicyclic) bond motifs is 1. The Morgan fingerprint density at radius 2 is 2.44 bits per heavy atom. The van der Waals surface area contributed by atoms with E-state index in [9.17, 15) is 0 Å². The number of rotatable bonds is 2. The molecule has 88 valence electrons. The molecule has 0 aliphatic carbocycles. The summed E-state index contributed by atoms with van der Waals surface area (Å²) in [6.45, 7) is 4.51. The summed E-state index contributed by atoms with van der Waals surface area (Å²) in [6, 6.07) is 0.710. The average Bonchev–Trinajstić information content (AvgIpc) is 2.85. The van der Waals surface area contributed by atoms with Gasteiger partial charge in [-0.1, -0.05) is 0 Å². The maximum atomic E-state index is 4.15. The fourth-order valence-electron chi connectivity index (χ4n) is 2.92. The largest absolute Gasteiger partial charge is 0.320 e. The van der Waals surface area contributed by atoms with Gasteiger partial charge in [0.25, 0.3) is 0 Å². The van der Waals surface area contributed by atoms with Gasteiger partial charge in [-0.3, -0.25) is 4.90 Å². The number of nitrogens with zero attached hydrogens (tertiary/aromatic N) is 4. The Kier molecular flexibility index (Phi) is 2.65. The molecule has 1 aromatic heterocycles. The van der Waals surface area contributed by atoms with Crippen LogP contribution in [0.4, 0.5) is 0 Å². The molecule has 2 unspecified atom stereocenters. The van der Waals surface area contributed by atoms with Crippen LogP contribution >= 0.6 is 0 Å². The molecule has 2 fully saturated rings. The molecule has 0 radical (unpaired) electrons. The Morgan fingerprint density at radius 3 is 3.19 bits per heavy atom. The van der Waals surface area contributed by atoms with Crippen molar-refractivity contribution in [3.05, 3.63) is 12.2 Å². The molecule has 2 saturated heterocycles. The third-order valence-electron chi connectivity index (χ3n) is 3.85. The number of hydrogen-bond donors (Lipinski definition) is 1. The van der Waals surface area contributed by atoms with Crippen molar-refractivity contribution in [3.63, 3.8) is 0 Å². The topological polar surface area (TPSA) is 46.0 Å². The maximum Gasteiger partial charge on any atom is 0.146 e. The van der Waals surface area contributed by atoms with Gasteiger partial charge in [0.1, 0.15) is 12.2 Å². The smallest absolute Gasteiger partial charge is 0.146 e. The zero-order chi connectivity index (χ0) is 11.0. The summed E-state index contributed by atoms with van der Waals surface area (Å²) < 4.78 is 2.01. The number of nitrogens with one attached hydrogen (secondary N) is 1. The SMILES string of the molecule is Cn1cnnc1CN1CC2CCCNC2C1. The van der Waals surface area contributed by atoms with Crippen molar-refractivity contribution in [1.82, 2.24) is 25.0 Å². The molecular formula is C11H19N5. The molecule has 0 spiro atoms. The van der Waals surface area contributed by atoms with E-state index in [1.54, 1.807) is 6.33 Å². The molecule has 5 heteroatoms. The van der Waals surface area contributed by atoms with Gasteiger partial charge in [-0.05, 0) is 25.3 Å². The van der Waals surface area contributed by atoms with E-state index in [2.05, 4.69) is 20.4 Å². The summed E-state index contributed by atoms with van der Waals surface area (Å²) in [4.78, 5) is 2.50. The lowest BCUT2D eigenvalue weighted by atomic mass is 9.94. The second-order valence-electron chi connectivity index (χ2n) is 5.02. The predicted molar refractivity (Wildman–Crippen MR) is 60.8 cm³/mol. The van der Waals surface area contributed by atoms with Crippen LogP contribution in [0.2, 0.25) is 0 Å². The Bertz CT molecular complexity index is 347. The van der Waals surface area contributed by atoms with E-state index in [1.165, 1.54) is 25.9 Å². The van der Waals surface area contributed by atoms with E-state index < -0.39 is 0 Å². The van der Waals surface area contributed by atoms with Crippen molar-refractivity contribution in [2.45, 2.75) is 25.4 Å². The second-order valence-corrected chi connectivity index (χ2v) is 5.02. The van der Waals surface area contributed by atoms with Crippen LogP contribution in [0.1, 0.15) is 18.7 Å². The Balaban J connectivity index is 1.63. The molecule has 5 nitrogen and oxygen atoms in total. The van der Waals surface area contributed by atoms with E-state index >= 15 is 0 Å². The van der Waals surface area contributed by atoms with Crippen LogP contribution in [0.3, 0.4) is 0 Å². The van der Waals surface area contributed by atoms with Crippen LogP contribution < -0.4 is 5.32 Å². The second kappa shape index (κ2) is 4.14. The fourth-order valence-corrected chi connectivity index (χ4v) is 2.92. The van der Waals surface area contributed by atoms with Gasteiger partial charge in [0.15, 0.2) is 0 Å². The minimum absolute atomic E-state index is 0.710. The summed E-state index contributed by atoms with van der Waals surface area (Å²) in [6.07, 6.45) is 4.49. The highest BCUT2D eigenvalue weighted by Crippen LogP contribution is 2.25. The third-order valence-corrected chi connectivity index (χ3v) is 3.85. The van der Waals surface area contributed by atoms with Crippen LogP contribution in [-0.4, -0.2) is 45.3 Å². The van der Waals surface area contributed by atoms with Crippen molar-refractivity contribution in [3.8, 4) is 0 Å². The van der Waals surface area contributed by atoms with E-state index in [-0.39, 0.29) is 0 Å². The van der Waals surface area contributed by atoms with E-state index in [4.69, 9.17) is 0 Å². The van der Waals surface area contributed by atoms with Crippen LogP contribution in [0.15, 0.2) is 6.33 Å². The number of likely N-dealkylation sites (tertiary alicyclic amines) is 1. The monoisotopic (exact) mass is 221 g/mol. The molecular weight excluding hydrogens is 202 g/mol. The molecule has 3 rings (SSSR count). The molecule has 1 aromatic rings. The van der Waals surface area contributed by atoms with E-state index in [1.807, 2.05) is 11.6 Å². The van der Waals surface area contributed by atoms with Crippen molar-refractivity contribution in [2.75, 3.05) is 19.6 Å². The van der Waals surface area contributed by atoms with Crippen LogP contribution in [0, 0.1) is 5.92 Å². The van der Waals surface area contributed by atoms with Gasteiger partial charge < -0.3 is 9.88 Å². The van der Waals surface area contributed by atoms with E-state index in [0.29, 0.717) is 6.04 Å². The van der Waals surface area contributed by atoms with Crippen molar-refractivity contribution in [1.29, 1.82) is 0 Å².